The third kappa shape index (κ3) is 4.05. The molecule has 1 amide bonds. The summed E-state index contributed by atoms with van der Waals surface area (Å²) < 4.78 is 7.07. The van der Waals surface area contributed by atoms with Crippen LogP contribution in [0, 0.1) is 19.8 Å². The van der Waals surface area contributed by atoms with Gasteiger partial charge in [-0.2, -0.15) is 5.10 Å². The van der Waals surface area contributed by atoms with E-state index in [0.29, 0.717) is 18.1 Å². The maximum Gasteiger partial charge on any atom is 0.224 e. The van der Waals surface area contributed by atoms with Gasteiger partial charge in [0.05, 0.1) is 36.0 Å². The van der Waals surface area contributed by atoms with Crippen molar-refractivity contribution in [3.05, 3.63) is 46.2 Å². The van der Waals surface area contributed by atoms with Gasteiger partial charge in [0.25, 0.3) is 0 Å². The van der Waals surface area contributed by atoms with Crippen molar-refractivity contribution in [1.82, 2.24) is 15.1 Å². The number of methoxy groups -OCH3 is 1. The molecule has 1 aromatic heterocycles. The van der Waals surface area contributed by atoms with Crippen LogP contribution < -0.4 is 10.1 Å². The molecule has 5 nitrogen and oxygen atoms in total. The lowest BCUT2D eigenvalue weighted by Crippen LogP contribution is -2.31. The topological polar surface area (TPSA) is 56.1 Å². The van der Waals surface area contributed by atoms with Crippen LogP contribution in [0.25, 0.3) is 0 Å². The summed E-state index contributed by atoms with van der Waals surface area (Å²) in [6, 6.07) is 7.64. The van der Waals surface area contributed by atoms with Crippen LogP contribution in [0.4, 0.5) is 0 Å². The average Bonchev–Trinajstić information content (AvgIpc) is 2.79. The maximum absolute atomic E-state index is 12.3. The molecule has 0 unspecified atom stereocenters. The number of aromatic nitrogens is 2. The lowest BCUT2D eigenvalue weighted by Gasteiger charge is -2.14. The Bertz CT molecular complexity index is 697. The van der Waals surface area contributed by atoms with E-state index in [4.69, 9.17) is 16.3 Å². The van der Waals surface area contributed by atoms with Gasteiger partial charge in [0.2, 0.25) is 5.91 Å². The van der Waals surface area contributed by atoms with E-state index in [0.717, 1.165) is 22.7 Å². The number of nitrogens with zero attached hydrogens (tertiary/aromatic N) is 2. The number of carbonyl (C=O) groups is 1. The smallest absolute Gasteiger partial charge is 0.224 e. The summed E-state index contributed by atoms with van der Waals surface area (Å²) in [5.74, 6) is 0.532. The van der Waals surface area contributed by atoms with Crippen molar-refractivity contribution in [1.29, 1.82) is 0 Å². The molecule has 1 N–H and O–H groups in total. The Morgan fingerprint density at radius 2 is 2.09 bits per heavy atom. The van der Waals surface area contributed by atoms with Gasteiger partial charge in [0.15, 0.2) is 0 Å². The summed E-state index contributed by atoms with van der Waals surface area (Å²) in [5, 5.41) is 7.96. The molecule has 0 saturated carbocycles. The number of ether oxygens (including phenoxy) is 1. The standard InChI is InChI=1S/C17H22ClN3O2/c1-11(10-21-13(3)16(18)12(2)20-21)17(22)19-9-14-7-5-6-8-15(14)23-4/h5-8,11H,9-10H2,1-4H3,(H,19,22)/t11-/m1/s1. The first-order chi connectivity index (χ1) is 10.9. The molecule has 0 aliphatic carbocycles. The molecule has 2 aromatic rings. The van der Waals surface area contributed by atoms with E-state index in [2.05, 4.69) is 10.4 Å². The second kappa shape index (κ2) is 7.51. The number of hydrogen-bond acceptors (Lipinski definition) is 3. The lowest BCUT2D eigenvalue weighted by molar-refractivity contribution is -0.125. The zero-order valence-electron chi connectivity index (χ0n) is 13.9. The van der Waals surface area contributed by atoms with Gasteiger partial charge in [-0.15, -0.1) is 0 Å². The van der Waals surface area contributed by atoms with Crippen molar-refractivity contribution < 1.29 is 9.53 Å². The second-order valence-corrected chi connectivity index (χ2v) is 5.98. The molecule has 0 saturated heterocycles. The molecule has 23 heavy (non-hydrogen) atoms. The van der Waals surface area contributed by atoms with E-state index in [1.165, 1.54) is 0 Å². The number of hydrogen-bond donors (Lipinski definition) is 1. The molecule has 0 spiro atoms. The van der Waals surface area contributed by atoms with Crippen LogP contribution in [-0.2, 0) is 17.9 Å². The molecule has 2 rings (SSSR count). The van der Waals surface area contributed by atoms with E-state index >= 15 is 0 Å². The van der Waals surface area contributed by atoms with Gasteiger partial charge >= 0.3 is 0 Å². The maximum atomic E-state index is 12.3. The second-order valence-electron chi connectivity index (χ2n) is 5.60. The summed E-state index contributed by atoms with van der Waals surface area (Å²) >= 11 is 6.14. The predicted octanol–water partition coefficient (Wildman–Crippen LogP) is 3.11. The molecule has 0 aliphatic heterocycles. The monoisotopic (exact) mass is 335 g/mol. The summed E-state index contributed by atoms with van der Waals surface area (Å²) in [6.07, 6.45) is 0. The molecule has 0 radical (unpaired) electrons. The van der Waals surface area contributed by atoms with Crippen molar-refractivity contribution in [3.8, 4) is 5.75 Å². The van der Waals surface area contributed by atoms with Gasteiger partial charge in [-0.3, -0.25) is 9.48 Å². The number of nitrogens with one attached hydrogen (secondary N) is 1. The average molecular weight is 336 g/mol. The van der Waals surface area contributed by atoms with E-state index in [9.17, 15) is 4.79 Å². The van der Waals surface area contributed by atoms with Crippen molar-refractivity contribution in [2.45, 2.75) is 33.9 Å². The van der Waals surface area contributed by atoms with Crippen molar-refractivity contribution in [2.24, 2.45) is 5.92 Å². The molecular weight excluding hydrogens is 314 g/mol. The summed E-state index contributed by atoms with van der Waals surface area (Å²) in [4.78, 5) is 12.3. The lowest BCUT2D eigenvalue weighted by atomic mass is 10.1. The SMILES string of the molecule is COc1ccccc1CNC(=O)[C@H](C)Cn1nc(C)c(Cl)c1C. The normalized spacial score (nSPS) is 12.0. The van der Waals surface area contributed by atoms with Crippen LogP contribution in [0.3, 0.4) is 0 Å². The molecule has 0 aliphatic rings. The fourth-order valence-electron chi connectivity index (χ4n) is 2.40. The molecule has 6 heteroatoms. The Labute approximate surface area is 141 Å². The highest BCUT2D eigenvalue weighted by atomic mass is 35.5. The summed E-state index contributed by atoms with van der Waals surface area (Å²) in [5.41, 5.74) is 2.61. The minimum absolute atomic E-state index is 0.0282. The van der Waals surface area contributed by atoms with Gasteiger partial charge in [0, 0.05) is 12.1 Å². The minimum atomic E-state index is -0.209. The van der Waals surface area contributed by atoms with Crippen molar-refractivity contribution in [2.75, 3.05) is 7.11 Å². The molecule has 1 atom stereocenters. The zero-order chi connectivity index (χ0) is 17.0. The van der Waals surface area contributed by atoms with Gasteiger partial charge in [0.1, 0.15) is 5.75 Å². The number of carbonyl (C=O) groups excluding carboxylic acids is 1. The first-order valence-electron chi connectivity index (χ1n) is 7.53. The largest absolute Gasteiger partial charge is 0.496 e. The first kappa shape index (κ1) is 17.3. The molecule has 1 aromatic carbocycles. The Balaban J connectivity index is 1.96. The third-order valence-corrected chi connectivity index (χ3v) is 4.38. The third-order valence-electron chi connectivity index (χ3n) is 3.83. The molecule has 124 valence electrons. The van der Waals surface area contributed by atoms with Crippen LogP contribution in [0.1, 0.15) is 23.9 Å². The Morgan fingerprint density at radius 3 is 2.70 bits per heavy atom. The molecule has 0 fully saturated rings. The van der Waals surface area contributed by atoms with Crippen molar-refractivity contribution >= 4 is 17.5 Å². The summed E-state index contributed by atoms with van der Waals surface area (Å²) in [6.45, 7) is 6.57. The Kier molecular flexibility index (Phi) is 5.66. The molecule has 1 heterocycles. The number of amides is 1. The molecule has 0 bridgehead atoms. The number of rotatable bonds is 6. The zero-order valence-corrected chi connectivity index (χ0v) is 14.6. The van der Waals surface area contributed by atoms with Crippen LogP contribution in [0.2, 0.25) is 5.02 Å². The highest BCUT2D eigenvalue weighted by molar-refractivity contribution is 6.31. The Morgan fingerprint density at radius 1 is 1.39 bits per heavy atom. The Hall–Kier alpha value is -2.01. The fourth-order valence-corrected chi connectivity index (χ4v) is 2.54. The van der Waals surface area contributed by atoms with Crippen LogP contribution in [0.15, 0.2) is 24.3 Å². The first-order valence-corrected chi connectivity index (χ1v) is 7.91. The van der Waals surface area contributed by atoms with E-state index in [-0.39, 0.29) is 11.8 Å². The van der Waals surface area contributed by atoms with Crippen LogP contribution in [0.5, 0.6) is 5.75 Å². The minimum Gasteiger partial charge on any atom is -0.496 e. The summed E-state index contributed by atoms with van der Waals surface area (Å²) in [7, 11) is 1.62. The number of halogens is 1. The number of aryl methyl sites for hydroxylation is 1. The fraction of sp³-hybridized carbons (Fsp3) is 0.412. The predicted molar refractivity (Wildman–Crippen MR) is 90.7 cm³/mol. The van der Waals surface area contributed by atoms with E-state index in [1.54, 1.807) is 11.8 Å². The number of benzene rings is 1. The molecular formula is C17H22ClN3O2. The highest BCUT2D eigenvalue weighted by Crippen LogP contribution is 2.20. The quantitative estimate of drug-likeness (QED) is 0.882. The van der Waals surface area contributed by atoms with Gasteiger partial charge < -0.3 is 10.1 Å². The van der Waals surface area contributed by atoms with Gasteiger partial charge in [-0.1, -0.05) is 36.7 Å². The number of para-hydroxylation sites is 1. The van der Waals surface area contributed by atoms with E-state index in [1.807, 2.05) is 45.0 Å². The highest BCUT2D eigenvalue weighted by Gasteiger charge is 2.17. The van der Waals surface area contributed by atoms with Crippen LogP contribution in [-0.4, -0.2) is 22.8 Å². The van der Waals surface area contributed by atoms with E-state index < -0.39 is 0 Å². The van der Waals surface area contributed by atoms with Gasteiger partial charge in [-0.25, -0.2) is 0 Å². The van der Waals surface area contributed by atoms with Crippen molar-refractivity contribution in [3.63, 3.8) is 0 Å². The van der Waals surface area contributed by atoms with Crippen LogP contribution >= 0.6 is 11.6 Å². The van der Waals surface area contributed by atoms with Gasteiger partial charge in [-0.05, 0) is 19.9 Å².